The van der Waals surface area contributed by atoms with Crippen LogP contribution in [0.5, 0.6) is 0 Å². The number of likely N-dealkylation sites (tertiary alicyclic amines) is 1. The Morgan fingerprint density at radius 1 is 1.42 bits per heavy atom. The lowest BCUT2D eigenvalue weighted by Crippen LogP contribution is -2.43. The van der Waals surface area contributed by atoms with Crippen molar-refractivity contribution < 1.29 is 4.79 Å². The minimum absolute atomic E-state index is 0.213. The fraction of sp³-hybridized carbons (Fsp3) is 0.615. The standard InChI is InChI=1S/C13H21N5O/c1-4-14-11-7-12(16-9(2)15-11)17-10-5-6-13(19)18(3)8-10/h7,10H,4-6,8H2,1-3H3,(H2,14,15,16,17). The van der Waals surface area contributed by atoms with E-state index in [9.17, 15) is 4.79 Å². The molecule has 6 nitrogen and oxygen atoms in total. The highest BCUT2D eigenvalue weighted by Crippen LogP contribution is 2.17. The van der Waals surface area contributed by atoms with Crippen LogP contribution in [0.2, 0.25) is 0 Å². The molecule has 1 fully saturated rings. The zero-order valence-electron chi connectivity index (χ0n) is 11.7. The molecule has 1 aliphatic rings. The van der Waals surface area contributed by atoms with Crippen LogP contribution < -0.4 is 10.6 Å². The molecule has 0 aliphatic carbocycles. The van der Waals surface area contributed by atoms with Gasteiger partial charge in [0.15, 0.2) is 0 Å². The van der Waals surface area contributed by atoms with Crippen molar-refractivity contribution >= 4 is 17.5 Å². The smallest absolute Gasteiger partial charge is 0.222 e. The molecule has 2 heterocycles. The van der Waals surface area contributed by atoms with Gasteiger partial charge in [-0.1, -0.05) is 0 Å². The van der Waals surface area contributed by atoms with E-state index in [-0.39, 0.29) is 11.9 Å². The summed E-state index contributed by atoms with van der Waals surface area (Å²) >= 11 is 0. The molecule has 1 aromatic heterocycles. The average Bonchev–Trinajstić information content (AvgIpc) is 2.33. The predicted molar refractivity (Wildman–Crippen MR) is 75.2 cm³/mol. The van der Waals surface area contributed by atoms with Crippen LogP contribution in [-0.4, -0.2) is 47.0 Å². The molecule has 2 N–H and O–H groups in total. The van der Waals surface area contributed by atoms with Crippen LogP contribution in [-0.2, 0) is 4.79 Å². The van der Waals surface area contributed by atoms with E-state index in [4.69, 9.17) is 0 Å². The van der Waals surface area contributed by atoms with Crippen molar-refractivity contribution in [3.8, 4) is 0 Å². The van der Waals surface area contributed by atoms with Crippen molar-refractivity contribution in [2.75, 3.05) is 30.8 Å². The van der Waals surface area contributed by atoms with E-state index in [0.717, 1.165) is 37.0 Å². The summed E-state index contributed by atoms with van der Waals surface area (Å²) in [5.41, 5.74) is 0. The first-order chi connectivity index (χ1) is 9.08. The normalized spacial score (nSPS) is 19.4. The van der Waals surface area contributed by atoms with Gasteiger partial charge >= 0.3 is 0 Å². The van der Waals surface area contributed by atoms with Gasteiger partial charge in [-0.2, -0.15) is 0 Å². The first-order valence-electron chi connectivity index (χ1n) is 6.68. The first-order valence-corrected chi connectivity index (χ1v) is 6.68. The summed E-state index contributed by atoms with van der Waals surface area (Å²) in [6.07, 6.45) is 1.45. The third-order valence-corrected chi connectivity index (χ3v) is 3.17. The van der Waals surface area contributed by atoms with Crippen molar-refractivity contribution in [2.45, 2.75) is 32.7 Å². The van der Waals surface area contributed by atoms with Crippen LogP contribution in [0.15, 0.2) is 6.07 Å². The summed E-state index contributed by atoms with van der Waals surface area (Å²) in [5.74, 6) is 2.60. The molecule has 1 aliphatic heterocycles. The molecular weight excluding hydrogens is 242 g/mol. The van der Waals surface area contributed by atoms with Crippen LogP contribution in [0.3, 0.4) is 0 Å². The minimum Gasteiger partial charge on any atom is -0.370 e. The van der Waals surface area contributed by atoms with Gasteiger partial charge in [-0.3, -0.25) is 4.79 Å². The number of hydrogen-bond donors (Lipinski definition) is 2. The largest absolute Gasteiger partial charge is 0.370 e. The molecule has 6 heteroatoms. The lowest BCUT2D eigenvalue weighted by atomic mass is 10.1. The third kappa shape index (κ3) is 3.56. The quantitative estimate of drug-likeness (QED) is 0.855. The highest BCUT2D eigenvalue weighted by Gasteiger charge is 2.22. The Hall–Kier alpha value is -1.85. The molecule has 104 valence electrons. The molecule has 1 amide bonds. The van der Waals surface area contributed by atoms with E-state index in [2.05, 4.69) is 20.6 Å². The number of carbonyl (C=O) groups is 1. The van der Waals surface area contributed by atoms with Crippen LogP contribution in [0.4, 0.5) is 11.6 Å². The SMILES string of the molecule is CCNc1cc(NC2CCC(=O)N(C)C2)nc(C)n1. The number of carbonyl (C=O) groups excluding carboxylic acids is 1. The number of nitrogens with one attached hydrogen (secondary N) is 2. The van der Waals surface area contributed by atoms with Gasteiger partial charge < -0.3 is 15.5 Å². The van der Waals surface area contributed by atoms with Crippen molar-refractivity contribution in [3.63, 3.8) is 0 Å². The summed E-state index contributed by atoms with van der Waals surface area (Å²) in [6.45, 7) is 5.46. The topological polar surface area (TPSA) is 70.2 Å². The number of aryl methyl sites for hydroxylation is 1. The second kappa shape index (κ2) is 5.86. The second-order valence-corrected chi connectivity index (χ2v) is 4.87. The zero-order valence-corrected chi connectivity index (χ0v) is 11.7. The van der Waals surface area contributed by atoms with Crippen LogP contribution in [0.25, 0.3) is 0 Å². The highest BCUT2D eigenvalue weighted by molar-refractivity contribution is 5.77. The number of anilines is 2. The average molecular weight is 263 g/mol. The van der Waals surface area contributed by atoms with Crippen LogP contribution >= 0.6 is 0 Å². The maximum atomic E-state index is 11.4. The van der Waals surface area contributed by atoms with Crippen molar-refractivity contribution in [1.29, 1.82) is 0 Å². The van der Waals surface area contributed by atoms with Crippen molar-refractivity contribution in [3.05, 3.63) is 11.9 Å². The molecule has 0 aromatic carbocycles. The van der Waals surface area contributed by atoms with Gasteiger partial charge in [0.05, 0.1) is 0 Å². The lowest BCUT2D eigenvalue weighted by molar-refractivity contribution is -0.132. The van der Waals surface area contributed by atoms with Crippen LogP contribution in [0, 0.1) is 6.92 Å². The summed E-state index contributed by atoms with van der Waals surface area (Å²) in [4.78, 5) is 21.9. The van der Waals surface area contributed by atoms with Crippen molar-refractivity contribution in [1.82, 2.24) is 14.9 Å². The molecule has 1 atom stereocenters. The van der Waals surface area contributed by atoms with Crippen LogP contribution in [0.1, 0.15) is 25.6 Å². The number of rotatable bonds is 4. The number of aromatic nitrogens is 2. The Morgan fingerprint density at radius 2 is 2.16 bits per heavy atom. The molecule has 0 spiro atoms. The fourth-order valence-corrected chi connectivity index (χ4v) is 2.25. The molecule has 1 unspecified atom stereocenters. The Balaban J connectivity index is 2.04. The van der Waals surface area contributed by atoms with Gasteiger partial charge in [0.1, 0.15) is 17.5 Å². The maximum absolute atomic E-state index is 11.4. The number of nitrogens with zero attached hydrogens (tertiary/aromatic N) is 3. The number of amides is 1. The van der Waals surface area contributed by atoms with Gasteiger partial charge in [0.25, 0.3) is 0 Å². The van der Waals surface area contributed by atoms with E-state index < -0.39 is 0 Å². The summed E-state index contributed by atoms with van der Waals surface area (Å²) in [7, 11) is 1.84. The van der Waals surface area contributed by atoms with Gasteiger partial charge in [0.2, 0.25) is 5.91 Å². The summed E-state index contributed by atoms with van der Waals surface area (Å²) < 4.78 is 0. The van der Waals surface area contributed by atoms with Gasteiger partial charge in [-0.25, -0.2) is 9.97 Å². The van der Waals surface area contributed by atoms with E-state index in [1.165, 1.54) is 0 Å². The minimum atomic E-state index is 0.213. The lowest BCUT2D eigenvalue weighted by Gasteiger charge is -2.30. The second-order valence-electron chi connectivity index (χ2n) is 4.87. The number of likely N-dealkylation sites (N-methyl/N-ethyl adjacent to an activating group) is 1. The summed E-state index contributed by atoms with van der Waals surface area (Å²) in [6, 6.07) is 2.17. The fourth-order valence-electron chi connectivity index (χ4n) is 2.25. The zero-order chi connectivity index (χ0) is 13.8. The predicted octanol–water partition coefficient (Wildman–Crippen LogP) is 1.25. The molecular formula is C13H21N5O. The van der Waals surface area contributed by atoms with Gasteiger partial charge in [-0.05, 0) is 20.3 Å². The van der Waals surface area contributed by atoms with E-state index >= 15 is 0 Å². The molecule has 0 radical (unpaired) electrons. The monoisotopic (exact) mass is 263 g/mol. The number of piperidine rings is 1. The molecule has 1 saturated heterocycles. The third-order valence-electron chi connectivity index (χ3n) is 3.17. The molecule has 19 heavy (non-hydrogen) atoms. The molecule has 1 aromatic rings. The van der Waals surface area contributed by atoms with E-state index in [1.54, 1.807) is 4.90 Å². The Bertz CT molecular complexity index is 462. The number of hydrogen-bond acceptors (Lipinski definition) is 5. The van der Waals surface area contributed by atoms with E-state index in [1.807, 2.05) is 27.0 Å². The Labute approximate surface area is 113 Å². The molecule has 0 bridgehead atoms. The van der Waals surface area contributed by atoms with E-state index in [0.29, 0.717) is 6.42 Å². The molecule has 2 rings (SSSR count). The van der Waals surface area contributed by atoms with Gasteiger partial charge in [0, 0.05) is 38.7 Å². The summed E-state index contributed by atoms with van der Waals surface area (Å²) in [5, 5.41) is 6.57. The first kappa shape index (κ1) is 13.6. The Kier molecular flexibility index (Phi) is 4.19. The maximum Gasteiger partial charge on any atom is 0.222 e. The van der Waals surface area contributed by atoms with Gasteiger partial charge in [-0.15, -0.1) is 0 Å². The Morgan fingerprint density at radius 3 is 2.84 bits per heavy atom. The molecule has 0 saturated carbocycles. The highest BCUT2D eigenvalue weighted by atomic mass is 16.2. The van der Waals surface area contributed by atoms with Crippen molar-refractivity contribution in [2.24, 2.45) is 0 Å².